The zero-order valence-corrected chi connectivity index (χ0v) is 36.4. The molecule has 0 amide bonds. The minimum atomic E-state index is -1.40. The number of rotatable bonds is 16. The largest absolute Gasteiger partial charge is 0.497 e. The van der Waals surface area contributed by atoms with Gasteiger partial charge < -0.3 is 47.4 Å². The van der Waals surface area contributed by atoms with Crippen molar-refractivity contribution in [2.24, 2.45) is 0 Å². The third kappa shape index (κ3) is 11.6. The number of hydrogen-bond donors (Lipinski definition) is 0. The van der Waals surface area contributed by atoms with E-state index < -0.39 is 53.6 Å². The molecule has 4 aromatic rings. The maximum absolute atomic E-state index is 14.1. The van der Waals surface area contributed by atoms with Crippen LogP contribution in [0.5, 0.6) is 5.75 Å². The monoisotopic (exact) mass is 870 g/mol. The summed E-state index contributed by atoms with van der Waals surface area (Å²) in [5, 5.41) is 0. The van der Waals surface area contributed by atoms with Crippen molar-refractivity contribution in [2.75, 3.05) is 33.2 Å². The summed E-state index contributed by atoms with van der Waals surface area (Å²) in [6, 6.07) is 35.5. The van der Waals surface area contributed by atoms with Gasteiger partial charge in [0.2, 0.25) is 0 Å². The summed E-state index contributed by atoms with van der Waals surface area (Å²) in [6.07, 6.45) is -2.91. The van der Waals surface area contributed by atoms with Crippen LogP contribution in [-0.2, 0) is 71.4 Å². The first-order valence-electron chi connectivity index (χ1n) is 21.6. The van der Waals surface area contributed by atoms with Crippen molar-refractivity contribution in [1.82, 2.24) is 0 Å². The van der Waals surface area contributed by atoms with Crippen molar-refractivity contribution < 1.29 is 56.4 Å². The zero-order chi connectivity index (χ0) is 42.8. The zero-order valence-electron chi connectivity index (χ0n) is 35.6. The van der Waals surface area contributed by atoms with E-state index in [1.807, 2.05) is 116 Å². The Morgan fingerprint density at radius 3 is 2.03 bits per heavy atom. The van der Waals surface area contributed by atoms with Gasteiger partial charge in [0.25, 0.3) is 0 Å². The normalized spacial score (nSPS) is 30.3. The number of esters is 1. The van der Waals surface area contributed by atoms with Gasteiger partial charge in [-0.15, -0.1) is 0 Å². The maximum atomic E-state index is 14.1. The molecule has 1 unspecified atom stereocenters. The minimum Gasteiger partial charge on any atom is -0.497 e. The van der Waals surface area contributed by atoms with E-state index in [0.717, 1.165) is 28.0 Å². The van der Waals surface area contributed by atoms with E-state index in [4.69, 9.17) is 47.4 Å². The van der Waals surface area contributed by atoms with Crippen molar-refractivity contribution in [2.45, 2.75) is 124 Å². The van der Waals surface area contributed by atoms with E-state index in [-0.39, 0.29) is 49.3 Å². The lowest BCUT2D eigenvalue weighted by molar-refractivity contribution is -0.278. The van der Waals surface area contributed by atoms with Gasteiger partial charge in [-0.05, 0) is 55.2 Å². The summed E-state index contributed by atoms with van der Waals surface area (Å²) in [4.78, 5) is 13.6. The number of fused-ring (bicyclic) bond motifs is 2. The molecule has 12 nitrogen and oxygen atoms in total. The second-order valence-electron chi connectivity index (χ2n) is 16.5. The molecule has 62 heavy (non-hydrogen) atoms. The molecular formula is C49H58O12S. The predicted octanol–water partition coefficient (Wildman–Crippen LogP) is 7.21. The van der Waals surface area contributed by atoms with Crippen LogP contribution in [0.3, 0.4) is 0 Å². The van der Waals surface area contributed by atoms with Crippen LogP contribution in [0.1, 0.15) is 60.6 Å². The van der Waals surface area contributed by atoms with Gasteiger partial charge in [0.15, 0.2) is 6.29 Å². The van der Waals surface area contributed by atoms with Gasteiger partial charge in [0, 0.05) is 23.3 Å². The fourth-order valence-electron chi connectivity index (χ4n) is 8.69. The Bertz CT molecular complexity index is 2020. The van der Waals surface area contributed by atoms with Gasteiger partial charge in [-0.25, -0.2) is 0 Å². The molecule has 8 rings (SSSR count). The molecule has 332 valence electrons. The first kappa shape index (κ1) is 44.6. The molecule has 0 spiro atoms. The van der Waals surface area contributed by atoms with Crippen molar-refractivity contribution in [3.63, 3.8) is 0 Å². The standard InChI is InChI=1S/C49H58O12S/c1-32-14-20-37(21-15-32)62(51)31-47-43(57-38-22-23-39-46(59-44(38)26-48(50)53-3)30-56-49(61-39)35-16-18-36(52-2)19-17-35)25-42-41(60-47)24-40(55-28-34-12-8-5-9-13-34)45(58-42)29-54-27-33-10-6-4-7-11-33/h4-21,38-47,49H,22-31H2,1-3H3/t38-,39+,40-,41+,42-,43+,44+,45+,46-,47-,49-,62?/m1/s1. The van der Waals surface area contributed by atoms with Gasteiger partial charge in [0.05, 0.1) is 112 Å². The van der Waals surface area contributed by atoms with E-state index in [0.29, 0.717) is 50.4 Å². The van der Waals surface area contributed by atoms with Crippen LogP contribution in [0, 0.1) is 6.92 Å². The molecule has 13 heteroatoms. The maximum Gasteiger partial charge on any atom is 0.308 e. The smallest absolute Gasteiger partial charge is 0.308 e. The number of ether oxygens (including phenoxy) is 10. The van der Waals surface area contributed by atoms with Gasteiger partial charge >= 0.3 is 5.97 Å². The quantitative estimate of drug-likeness (QED) is 0.106. The lowest BCUT2D eigenvalue weighted by Gasteiger charge is -2.48. The molecular weight excluding hydrogens is 813 g/mol. The highest BCUT2D eigenvalue weighted by Crippen LogP contribution is 2.39. The fraction of sp³-hybridized carbons (Fsp3) is 0.490. The Morgan fingerprint density at radius 2 is 1.34 bits per heavy atom. The highest BCUT2D eigenvalue weighted by Gasteiger charge is 2.49. The Morgan fingerprint density at radius 1 is 0.677 bits per heavy atom. The number of carbonyl (C=O) groups excluding carboxylic acids is 1. The van der Waals surface area contributed by atoms with Gasteiger partial charge in [-0.2, -0.15) is 0 Å². The van der Waals surface area contributed by atoms with Crippen LogP contribution >= 0.6 is 0 Å². The summed E-state index contributed by atoms with van der Waals surface area (Å²) < 4.78 is 77.7. The van der Waals surface area contributed by atoms with E-state index >= 15 is 0 Å². The van der Waals surface area contributed by atoms with Crippen LogP contribution < -0.4 is 4.74 Å². The molecule has 12 atom stereocenters. The van der Waals surface area contributed by atoms with E-state index in [1.54, 1.807) is 7.11 Å². The number of carbonyl (C=O) groups is 1. The van der Waals surface area contributed by atoms with Gasteiger partial charge in [-0.3, -0.25) is 9.00 Å². The molecule has 4 aliphatic rings. The first-order valence-corrected chi connectivity index (χ1v) is 23.0. The molecule has 4 fully saturated rings. The van der Waals surface area contributed by atoms with Crippen LogP contribution in [0.4, 0.5) is 0 Å². The number of methoxy groups -OCH3 is 2. The molecule has 4 heterocycles. The molecule has 0 aliphatic carbocycles. The van der Waals surface area contributed by atoms with Crippen LogP contribution in [0.2, 0.25) is 0 Å². The van der Waals surface area contributed by atoms with Gasteiger partial charge in [-0.1, -0.05) is 90.5 Å². The Hall–Kier alpha value is -4.02. The molecule has 4 saturated heterocycles. The average Bonchev–Trinajstić information content (AvgIpc) is 3.47. The Labute approximate surface area is 366 Å². The summed E-state index contributed by atoms with van der Waals surface area (Å²) in [7, 11) is 1.60. The van der Waals surface area contributed by atoms with Crippen molar-refractivity contribution >= 4 is 16.8 Å². The van der Waals surface area contributed by atoms with E-state index in [9.17, 15) is 9.00 Å². The SMILES string of the molecule is COC(=O)C[C@@H]1O[C@@H]2CO[C@@H](c3ccc(OC)cc3)O[C@H]2CC[C@H]1O[C@H]1C[C@H]2O[C@@H](COCc3ccccc3)[C@H](OCc3ccccc3)C[C@@H]2O[C@@H]1CS(=O)c1ccc(C)cc1. The molecule has 0 radical (unpaired) electrons. The number of hydrogen-bond acceptors (Lipinski definition) is 12. The first-order chi connectivity index (χ1) is 30.3. The molecule has 0 bridgehead atoms. The van der Waals surface area contributed by atoms with Crippen LogP contribution in [0.25, 0.3) is 0 Å². The topological polar surface area (TPSA) is 126 Å². The molecule has 4 aromatic carbocycles. The lowest BCUT2D eigenvalue weighted by Crippen LogP contribution is -2.59. The van der Waals surface area contributed by atoms with E-state index in [1.165, 1.54) is 7.11 Å². The molecule has 4 aliphatic heterocycles. The van der Waals surface area contributed by atoms with Crippen LogP contribution in [-0.4, -0.2) is 104 Å². The summed E-state index contributed by atoms with van der Waals surface area (Å²) in [5.41, 5.74) is 4.09. The van der Waals surface area contributed by atoms with Gasteiger partial charge in [0.1, 0.15) is 18.0 Å². The van der Waals surface area contributed by atoms with Crippen molar-refractivity contribution in [3.05, 3.63) is 131 Å². The third-order valence-corrected chi connectivity index (χ3v) is 13.6. The van der Waals surface area contributed by atoms with Crippen molar-refractivity contribution in [1.29, 1.82) is 0 Å². The molecule has 0 saturated carbocycles. The fourth-order valence-corrected chi connectivity index (χ4v) is 9.92. The minimum absolute atomic E-state index is 0.0242. The second kappa shape index (κ2) is 21.6. The molecule has 0 N–H and O–H groups in total. The van der Waals surface area contributed by atoms with Crippen LogP contribution in [0.15, 0.2) is 114 Å². The Kier molecular flexibility index (Phi) is 15.5. The summed E-state index contributed by atoms with van der Waals surface area (Å²) in [5.74, 6) is 0.534. The third-order valence-electron chi connectivity index (χ3n) is 12.1. The van der Waals surface area contributed by atoms with Crippen molar-refractivity contribution in [3.8, 4) is 5.75 Å². The number of aryl methyl sites for hydroxylation is 1. The summed E-state index contributed by atoms with van der Waals surface area (Å²) >= 11 is 0. The second-order valence-corrected chi connectivity index (χ2v) is 18.0. The predicted molar refractivity (Wildman–Crippen MR) is 230 cm³/mol. The summed E-state index contributed by atoms with van der Waals surface area (Å²) in [6.45, 7) is 3.46. The average molecular weight is 871 g/mol. The Balaban J connectivity index is 1.02. The van der Waals surface area contributed by atoms with E-state index in [2.05, 4.69) is 0 Å². The number of benzene rings is 4. The lowest BCUT2D eigenvalue weighted by atomic mass is 9.90. The highest BCUT2D eigenvalue weighted by atomic mass is 32.2. The molecule has 0 aromatic heterocycles. The highest BCUT2D eigenvalue weighted by molar-refractivity contribution is 7.85.